The number of fused-ring (bicyclic) bond motifs is 1. The first-order chi connectivity index (χ1) is 7.20. The van der Waals surface area contributed by atoms with Crippen LogP contribution in [0.15, 0.2) is 36.5 Å². The van der Waals surface area contributed by atoms with Gasteiger partial charge in [-0.25, -0.2) is 0 Å². The van der Waals surface area contributed by atoms with Gasteiger partial charge in [-0.05, 0) is 19.1 Å². The van der Waals surface area contributed by atoms with Gasteiger partial charge in [-0.15, -0.1) is 0 Å². The molecule has 3 nitrogen and oxygen atoms in total. The summed E-state index contributed by atoms with van der Waals surface area (Å²) in [6.07, 6.45) is 0.605. The Bertz CT molecular complexity index is 500. The number of carbonyl (C=O) groups excluding carboxylic acids is 1. The molecule has 0 amide bonds. The van der Waals surface area contributed by atoms with E-state index in [0.717, 1.165) is 10.9 Å². The highest BCUT2D eigenvalue weighted by Crippen LogP contribution is 2.17. The first-order valence-electron chi connectivity index (χ1n) is 4.76. The van der Waals surface area contributed by atoms with Crippen LogP contribution in [-0.4, -0.2) is 22.0 Å². The van der Waals surface area contributed by atoms with Crippen molar-refractivity contribution in [2.75, 3.05) is 0 Å². The van der Waals surface area contributed by atoms with E-state index in [9.17, 15) is 9.90 Å². The molecule has 15 heavy (non-hydrogen) atoms. The van der Waals surface area contributed by atoms with Gasteiger partial charge < -0.3 is 5.11 Å². The number of carbonyl (C=O) groups is 1. The van der Waals surface area contributed by atoms with Crippen molar-refractivity contribution in [3.8, 4) is 0 Å². The minimum absolute atomic E-state index is 0.270. The number of aliphatic hydroxyl groups excluding tert-OH is 1. The maximum atomic E-state index is 11.7. The minimum Gasteiger partial charge on any atom is -0.385 e. The van der Waals surface area contributed by atoms with Crippen LogP contribution < -0.4 is 0 Å². The lowest BCUT2D eigenvalue weighted by atomic mass is 10.0. The second-order valence-electron chi connectivity index (χ2n) is 3.42. The van der Waals surface area contributed by atoms with Crippen molar-refractivity contribution in [2.24, 2.45) is 0 Å². The molecule has 0 bridgehead atoms. The van der Waals surface area contributed by atoms with Gasteiger partial charge in [-0.2, -0.15) is 0 Å². The Hall–Kier alpha value is -1.74. The molecule has 1 N–H and O–H groups in total. The lowest BCUT2D eigenvalue weighted by molar-refractivity contribution is 0.0781. The van der Waals surface area contributed by atoms with Crippen molar-refractivity contribution >= 4 is 16.7 Å². The number of rotatable bonds is 2. The molecule has 0 aliphatic carbocycles. The Morgan fingerprint density at radius 1 is 1.33 bits per heavy atom. The number of para-hydroxylation sites is 1. The van der Waals surface area contributed by atoms with Crippen molar-refractivity contribution in [1.82, 2.24) is 4.98 Å². The first-order valence-corrected chi connectivity index (χ1v) is 4.76. The molecule has 1 aromatic carbocycles. The minimum atomic E-state index is -0.976. The van der Waals surface area contributed by atoms with Gasteiger partial charge in [0.25, 0.3) is 0 Å². The number of hydrogen-bond acceptors (Lipinski definition) is 3. The van der Waals surface area contributed by atoms with Crippen molar-refractivity contribution in [3.63, 3.8) is 0 Å². The monoisotopic (exact) mass is 201 g/mol. The fourth-order valence-electron chi connectivity index (χ4n) is 1.54. The van der Waals surface area contributed by atoms with E-state index >= 15 is 0 Å². The number of hydrogen-bond donors (Lipinski definition) is 1. The maximum Gasteiger partial charge on any atom is 0.191 e. The molecule has 76 valence electrons. The Morgan fingerprint density at radius 2 is 2.07 bits per heavy atom. The summed E-state index contributed by atoms with van der Waals surface area (Å²) in [5.74, 6) is -0.270. The van der Waals surface area contributed by atoms with Crippen LogP contribution in [0, 0.1) is 0 Å². The standard InChI is InChI=1S/C12H11NO2/c1-8(14)12(15)10-6-7-13-11-5-3-2-4-9(10)11/h2-8,14H,1H3/t8-/m0/s1. The van der Waals surface area contributed by atoms with Gasteiger partial charge in [-0.1, -0.05) is 18.2 Å². The van der Waals surface area contributed by atoms with Gasteiger partial charge in [0, 0.05) is 17.1 Å². The van der Waals surface area contributed by atoms with Crippen molar-refractivity contribution in [3.05, 3.63) is 42.1 Å². The van der Waals surface area contributed by atoms with Crippen LogP contribution in [0.4, 0.5) is 0 Å². The molecular formula is C12H11NO2. The van der Waals surface area contributed by atoms with Gasteiger partial charge in [0.2, 0.25) is 0 Å². The molecule has 0 aliphatic rings. The summed E-state index contributed by atoms with van der Waals surface area (Å²) in [7, 11) is 0. The second kappa shape index (κ2) is 3.79. The van der Waals surface area contributed by atoms with Gasteiger partial charge in [0.05, 0.1) is 5.52 Å². The predicted octanol–water partition coefficient (Wildman–Crippen LogP) is 1.80. The zero-order valence-electron chi connectivity index (χ0n) is 8.34. The fraction of sp³-hybridized carbons (Fsp3) is 0.167. The lowest BCUT2D eigenvalue weighted by Crippen LogP contribution is -2.16. The third-order valence-corrected chi connectivity index (χ3v) is 2.29. The zero-order valence-corrected chi connectivity index (χ0v) is 8.34. The molecule has 2 rings (SSSR count). The Balaban J connectivity index is 2.66. The molecule has 0 radical (unpaired) electrons. The molecular weight excluding hydrogens is 190 g/mol. The third kappa shape index (κ3) is 1.74. The van der Waals surface area contributed by atoms with E-state index in [4.69, 9.17) is 0 Å². The van der Waals surface area contributed by atoms with Gasteiger partial charge >= 0.3 is 0 Å². The molecule has 1 heterocycles. The van der Waals surface area contributed by atoms with Crippen LogP contribution in [0.25, 0.3) is 10.9 Å². The van der Waals surface area contributed by atoms with Crippen LogP contribution >= 0.6 is 0 Å². The van der Waals surface area contributed by atoms with E-state index in [-0.39, 0.29) is 5.78 Å². The summed E-state index contributed by atoms with van der Waals surface area (Å²) < 4.78 is 0. The maximum absolute atomic E-state index is 11.7. The SMILES string of the molecule is C[C@H](O)C(=O)c1ccnc2ccccc12. The summed E-state index contributed by atoms with van der Waals surface area (Å²) in [6.45, 7) is 1.47. The van der Waals surface area contributed by atoms with E-state index in [1.54, 1.807) is 12.3 Å². The van der Waals surface area contributed by atoms with E-state index in [1.807, 2.05) is 24.3 Å². The predicted molar refractivity (Wildman–Crippen MR) is 57.8 cm³/mol. The average molecular weight is 201 g/mol. The number of aromatic nitrogens is 1. The van der Waals surface area contributed by atoms with Gasteiger partial charge in [0.1, 0.15) is 6.10 Å². The summed E-state index contributed by atoms with van der Waals surface area (Å²) >= 11 is 0. The molecule has 0 saturated carbocycles. The zero-order chi connectivity index (χ0) is 10.8. The van der Waals surface area contributed by atoms with Gasteiger partial charge in [-0.3, -0.25) is 9.78 Å². The number of Topliss-reactive ketones (excluding diaryl/α,β-unsaturated/α-hetero) is 1. The number of nitrogens with zero attached hydrogens (tertiary/aromatic N) is 1. The van der Waals surface area contributed by atoms with Crippen LogP contribution in [-0.2, 0) is 0 Å². The molecule has 0 saturated heterocycles. The second-order valence-corrected chi connectivity index (χ2v) is 3.42. The summed E-state index contributed by atoms with van der Waals surface area (Å²) in [5.41, 5.74) is 1.29. The van der Waals surface area contributed by atoms with Gasteiger partial charge in [0.15, 0.2) is 5.78 Å². The quantitative estimate of drug-likeness (QED) is 0.754. The highest BCUT2D eigenvalue weighted by atomic mass is 16.3. The summed E-state index contributed by atoms with van der Waals surface area (Å²) in [4.78, 5) is 15.8. The summed E-state index contributed by atoms with van der Waals surface area (Å²) in [5, 5.41) is 10.0. The number of aliphatic hydroxyl groups is 1. The topological polar surface area (TPSA) is 50.2 Å². The lowest BCUT2D eigenvalue weighted by Gasteiger charge is -2.06. The highest BCUT2D eigenvalue weighted by Gasteiger charge is 2.14. The number of benzene rings is 1. The highest BCUT2D eigenvalue weighted by molar-refractivity contribution is 6.08. The largest absolute Gasteiger partial charge is 0.385 e. The molecule has 0 fully saturated rings. The van der Waals surface area contributed by atoms with E-state index in [0.29, 0.717) is 5.56 Å². The first kappa shape index (κ1) is 9.80. The molecule has 2 aromatic rings. The third-order valence-electron chi connectivity index (χ3n) is 2.29. The number of ketones is 1. The van der Waals surface area contributed by atoms with Crippen LogP contribution in [0.1, 0.15) is 17.3 Å². The Labute approximate surface area is 87.4 Å². The average Bonchev–Trinajstić information content (AvgIpc) is 2.27. The number of pyridine rings is 1. The van der Waals surface area contributed by atoms with Crippen molar-refractivity contribution in [1.29, 1.82) is 0 Å². The fourth-order valence-corrected chi connectivity index (χ4v) is 1.54. The summed E-state index contributed by atoms with van der Waals surface area (Å²) in [6, 6.07) is 9.03. The molecule has 0 spiro atoms. The molecule has 1 aromatic heterocycles. The molecule has 3 heteroatoms. The molecule has 0 unspecified atom stereocenters. The Kier molecular flexibility index (Phi) is 2.47. The van der Waals surface area contributed by atoms with Crippen LogP contribution in [0.5, 0.6) is 0 Å². The van der Waals surface area contributed by atoms with Crippen LogP contribution in [0.2, 0.25) is 0 Å². The normalized spacial score (nSPS) is 12.7. The Morgan fingerprint density at radius 3 is 2.80 bits per heavy atom. The molecule has 0 aliphatic heterocycles. The van der Waals surface area contributed by atoms with E-state index in [1.165, 1.54) is 6.92 Å². The molecule has 1 atom stereocenters. The smallest absolute Gasteiger partial charge is 0.191 e. The van der Waals surface area contributed by atoms with Crippen molar-refractivity contribution < 1.29 is 9.90 Å². The van der Waals surface area contributed by atoms with Crippen molar-refractivity contribution in [2.45, 2.75) is 13.0 Å². The van der Waals surface area contributed by atoms with E-state index < -0.39 is 6.10 Å². The van der Waals surface area contributed by atoms with Crippen LogP contribution in [0.3, 0.4) is 0 Å². The van der Waals surface area contributed by atoms with E-state index in [2.05, 4.69) is 4.98 Å².